The molecule has 1 aromatic rings. The minimum Gasteiger partial charge on any atom is -0.341 e. The Bertz CT molecular complexity index is 593. The van der Waals surface area contributed by atoms with Crippen LogP contribution in [0.5, 0.6) is 0 Å². The number of benzene rings is 1. The predicted molar refractivity (Wildman–Crippen MR) is 107 cm³/mol. The summed E-state index contributed by atoms with van der Waals surface area (Å²) in [5.41, 5.74) is 6.59. The third-order valence-electron chi connectivity index (χ3n) is 4.49. The maximum absolute atomic E-state index is 12.4. The van der Waals surface area contributed by atoms with Crippen LogP contribution in [0.1, 0.15) is 33.6 Å². The zero-order valence-electron chi connectivity index (χ0n) is 14.9. The largest absolute Gasteiger partial charge is 0.341 e. The van der Waals surface area contributed by atoms with Gasteiger partial charge in [-0.05, 0) is 42.5 Å². The van der Waals surface area contributed by atoms with Gasteiger partial charge in [-0.3, -0.25) is 9.59 Å². The Morgan fingerprint density at radius 1 is 1.20 bits per heavy atom. The SMILES string of the molecule is CC(C)(C)[C@H](N)C(=O)N1CCC(C(=O)Nc2ccc(Br)cc2)CC1.Cl. The number of carbonyl (C=O) groups is 2. The first-order chi connectivity index (χ1) is 11.2. The van der Waals surface area contributed by atoms with Gasteiger partial charge in [0.2, 0.25) is 11.8 Å². The summed E-state index contributed by atoms with van der Waals surface area (Å²) in [5.74, 6) is -0.0673. The highest BCUT2D eigenvalue weighted by Crippen LogP contribution is 2.24. The highest BCUT2D eigenvalue weighted by atomic mass is 79.9. The average molecular weight is 433 g/mol. The number of carbonyl (C=O) groups excluding carboxylic acids is 2. The summed E-state index contributed by atoms with van der Waals surface area (Å²) in [6.07, 6.45) is 1.34. The molecule has 1 heterocycles. The zero-order valence-corrected chi connectivity index (χ0v) is 17.3. The Labute approximate surface area is 164 Å². The van der Waals surface area contributed by atoms with E-state index in [9.17, 15) is 9.59 Å². The van der Waals surface area contributed by atoms with E-state index in [1.807, 2.05) is 45.0 Å². The lowest BCUT2D eigenvalue weighted by Gasteiger charge is -2.36. The first-order valence-electron chi connectivity index (χ1n) is 8.29. The van der Waals surface area contributed by atoms with Crippen LogP contribution < -0.4 is 11.1 Å². The number of nitrogens with two attached hydrogens (primary N) is 1. The highest BCUT2D eigenvalue weighted by molar-refractivity contribution is 9.10. The first-order valence-corrected chi connectivity index (χ1v) is 9.08. The minimum absolute atomic E-state index is 0. The molecule has 5 nitrogen and oxygen atoms in total. The molecule has 1 aliphatic heterocycles. The van der Waals surface area contributed by atoms with Crippen molar-refractivity contribution < 1.29 is 9.59 Å². The number of hydrogen-bond acceptors (Lipinski definition) is 3. The molecule has 1 fully saturated rings. The van der Waals surface area contributed by atoms with E-state index in [4.69, 9.17) is 5.73 Å². The fourth-order valence-corrected chi connectivity index (χ4v) is 2.97. The molecule has 0 aliphatic carbocycles. The fraction of sp³-hybridized carbons (Fsp3) is 0.556. The van der Waals surface area contributed by atoms with E-state index in [-0.39, 0.29) is 35.6 Å². The van der Waals surface area contributed by atoms with Gasteiger partial charge in [-0.2, -0.15) is 0 Å². The molecule has 1 aromatic carbocycles. The van der Waals surface area contributed by atoms with Crippen LogP contribution in [-0.2, 0) is 9.59 Å². The molecule has 7 heteroatoms. The molecule has 1 saturated heterocycles. The maximum Gasteiger partial charge on any atom is 0.240 e. The van der Waals surface area contributed by atoms with Gasteiger partial charge in [0.05, 0.1) is 6.04 Å². The van der Waals surface area contributed by atoms with Crippen LogP contribution in [0.2, 0.25) is 0 Å². The van der Waals surface area contributed by atoms with Crippen molar-refractivity contribution in [3.8, 4) is 0 Å². The third kappa shape index (κ3) is 5.97. The molecular formula is C18H27BrClN3O2. The summed E-state index contributed by atoms with van der Waals surface area (Å²) >= 11 is 3.37. The van der Waals surface area contributed by atoms with Crippen LogP contribution in [0, 0.1) is 11.3 Å². The van der Waals surface area contributed by atoms with Crippen molar-refractivity contribution in [2.24, 2.45) is 17.1 Å². The van der Waals surface area contributed by atoms with E-state index in [1.54, 1.807) is 4.90 Å². The molecule has 3 N–H and O–H groups in total. The van der Waals surface area contributed by atoms with Crippen molar-refractivity contribution >= 4 is 45.8 Å². The normalized spacial score (nSPS) is 16.8. The minimum atomic E-state index is -0.509. The number of amides is 2. The number of anilines is 1. The van der Waals surface area contributed by atoms with Crippen LogP contribution in [0.4, 0.5) is 5.69 Å². The average Bonchev–Trinajstić information content (AvgIpc) is 2.55. The van der Waals surface area contributed by atoms with Gasteiger partial charge in [0.15, 0.2) is 0 Å². The number of likely N-dealkylation sites (tertiary alicyclic amines) is 1. The van der Waals surface area contributed by atoms with Crippen LogP contribution in [-0.4, -0.2) is 35.8 Å². The van der Waals surface area contributed by atoms with Gasteiger partial charge >= 0.3 is 0 Å². The number of nitrogens with one attached hydrogen (secondary N) is 1. The predicted octanol–water partition coefficient (Wildman–Crippen LogP) is 3.42. The van der Waals surface area contributed by atoms with E-state index < -0.39 is 6.04 Å². The molecule has 0 unspecified atom stereocenters. The molecular weight excluding hydrogens is 406 g/mol. The molecule has 140 valence electrons. The number of hydrogen-bond donors (Lipinski definition) is 2. The van der Waals surface area contributed by atoms with Gasteiger partial charge < -0.3 is 16.0 Å². The second-order valence-corrected chi connectivity index (χ2v) is 8.36. The monoisotopic (exact) mass is 431 g/mol. The molecule has 2 rings (SSSR count). The lowest BCUT2D eigenvalue weighted by molar-refractivity contribution is -0.137. The molecule has 0 aromatic heterocycles. The van der Waals surface area contributed by atoms with Crippen LogP contribution >= 0.6 is 28.3 Å². The van der Waals surface area contributed by atoms with Crippen molar-refractivity contribution in [1.82, 2.24) is 4.90 Å². The number of piperidine rings is 1. The number of nitrogens with zero attached hydrogens (tertiary/aromatic N) is 1. The second kappa shape index (κ2) is 9.01. The Balaban J connectivity index is 0.00000312. The van der Waals surface area contributed by atoms with Gasteiger partial charge in [-0.15, -0.1) is 12.4 Å². The van der Waals surface area contributed by atoms with Gasteiger partial charge in [0.25, 0.3) is 0 Å². The third-order valence-corrected chi connectivity index (χ3v) is 5.02. The molecule has 1 aliphatic rings. The quantitative estimate of drug-likeness (QED) is 0.768. The summed E-state index contributed by atoms with van der Waals surface area (Å²) in [6.45, 7) is 7.07. The lowest BCUT2D eigenvalue weighted by Crippen LogP contribution is -2.53. The van der Waals surface area contributed by atoms with Crippen LogP contribution in [0.15, 0.2) is 28.7 Å². The lowest BCUT2D eigenvalue weighted by atomic mass is 9.85. The van der Waals surface area contributed by atoms with Crippen LogP contribution in [0.25, 0.3) is 0 Å². The molecule has 0 radical (unpaired) electrons. The Kier molecular flexibility index (Phi) is 7.90. The molecule has 1 atom stereocenters. The van der Waals surface area contributed by atoms with E-state index in [0.717, 1.165) is 10.2 Å². The van der Waals surface area contributed by atoms with Crippen molar-refractivity contribution in [1.29, 1.82) is 0 Å². The highest BCUT2D eigenvalue weighted by Gasteiger charge is 2.34. The van der Waals surface area contributed by atoms with Crippen molar-refractivity contribution in [3.05, 3.63) is 28.7 Å². The van der Waals surface area contributed by atoms with Gasteiger partial charge in [-0.25, -0.2) is 0 Å². The summed E-state index contributed by atoms with van der Waals surface area (Å²) in [6, 6.07) is 7.01. The van der Waals surface area contributed by atoms with E-state index >= 15 is 0 Å². The molecule has 0 saturated carbocycles. The maximum atomic E-state index is 12.4. The Hall–Kier alpha value is -1.11. The zero-order chi connectivity index (χ0) is 17.9. The molecule has 0 bridgehead atoms. The second-order valence-electron chi connectivity index (χ2n) is 7.44. The van der Waals surface area contributed by atoms with Gasteiger partial charge in [0, 0.05) is 29.2 Å². The van der Waals surface area contributed by atoms with Gasteiger partial charge in [-0.1, -0.05) is 36.7 Å². The number of halogens is 2. The van der Waals surface area contributed by atoms with Crippen LogP contribution in [0.3, 0.4) is 0 Å². The van der Waals surface area contributed by atoms with Crippen molar-refractivity contribution in [3.63, 3.8) is 0 Å². The summed E-state index contributed by atoms with van der Waals surface area (Å²) in [7, 11) is 0. The fourth-order valence-electron chi connectivity index (χ4n) is 2.71. The summed E-state index contributed by atoms with van der Waals surface area (Å²) in [5, 5.41) is 2.94. The van der Waals surface area contributed by atoms with Crippen molar-refractivity contribution in [2.45, 2.75) is 39.7 Å². The summed E-state index contributed by atoms with van der Waals surface area (Å²) in [4.78, 5) is 26.6. The first kappa shape index (κ1) is 21.9. The molecule has 25 heavy (non-hydrogen) atoms. The smallest absolute Gasteiger partial charge is 0.240 e. The molecule has 2 amide bonds. The Morgan fingerprint density at radius 3 is 2.20 bits per heavy atom. The van der Waals surface area contributed by atoms with E-state index in [2.05, 4.69) is 21.2 Å². The standard InChI is InChI=1S/C18H26BrN3O2.ClH/c1-18(2,3)15(20)17(24)22-10-8-12(9-11-22)16(23)21-14-6-4-13(19)5-7-14;/h4-7,12,15H,8-11,20H2,1-3H3,(H,21,23);1H/t15-;/m1./s1. The van der Waals surface area contributed by atoms with E-state index in [0.29, 0.717) is 25.9 Å². The Morgan fingerprint density at radius 2 is 1.72 bits per heavy atom. The topological polar surface area (TPSA) is 75.4 Å². The summed E-state index contributed by atoms with van der Waals surface area (Å²) < 4.78 is 0.975. The van der Waals surface area contributed by atoms with Crippen molar-refractivity contribution in [2.75, 3.05) is 18.4 Å². The van der Waals surface area contributed by atoms with Gasteiger partial charge in [0.1, 0.15) is 0 Å². The van der Waals surface area contributed by atoms with E-state index in [1.165, 1.54) is 0 Å². The molecule has 0 spiro atoms. The number of rotatable bonds is 3.